The molecule has 1 unspecified atom stereocenters. The summed E-state index contributed by atoms with van der Waals surface area (Å²) in [7, 11) is 0. The third-order valence-electron chi connectivity index (χ3n) is 2.97. The van der Waals surface area contributed by atoms with Gasteiger partial charge >= 0.3 is 0 Å². The van der Waals surface area contributed by atoms with Crippen LogP contribution in [0.25, 0.3) is 0 Å². The molecule has 2 aliphatic carbocycles. The largest absolute Gasteiger partial charge is 0.393 e. The minimum absolute atomic E-state index is 0.0567. The van der Waals surface area contributed by atoms with Crippen molar-refractivity contribution in [3.63, 3.8) is 0 Å². The van der Waals surface area contributed by atoms with Gasteiger partial charge in [0.25, 0.3) is 0 Å². The molecule has 2 rings (SSSR count). The quantitative estimate of drug-likeness (QED) is 0.635. The van der Waals surface area contributed by atoms with E-state index in [0.717, 1.165) is 12.3 Å². The summed E-state index contributed by atoms with van der Waals surface area (Å²) >= 11 is 0. The second-order valence-corrected chi connectivity index (χ2v) is 3.94. The Kier molecular flexibility index (Phi) is 1.69. The van der Waals surface area contributed by atoms with Crippen LogP contribution in [-0.2, 0) is 0 Å². The Bertz CT molecular complexity index is 114. The molecular weight excluding hydrogens is 124 g/mol. The average Bonchev–Trinajstić information content (AvgIpc) is 2.43. The van der Waals surface area contributed by atoms with Gasteiger partial charge in [0.2, 0.25) is 0 Å². The molecular formula is C9H16O. The van der Waals surface area contributed by atoms with Gasteiger partial charge in [-0.2, -0.15) is 0 Å². The number of aliphatic hydroxyl groups is 1. The van der Waals surface area contributed by atoms with Crippen molar-refractivity contribution >= 4 is 0 Å². The van der Waals surface area contributed by atoms with Gasteiger partial charge in [0, 0.05) is 0 Å². The van der Waals surface area contributed by atoms with Gasteiger partial charge in [-0.1, -0.05) is 19.3 Å². The van der Waals surface area contributed by atoms with E-state index >= 15 is 0 Å². The van der Waals surface area contributed by atoms with Crippen LogP contribution in [0.15, 0.2) is 0 Å². The highest BCUT2D eigenvalue weighted by atomic mass is 16.3. The molecule has 0 saturated heterocycles. The lowest BCUT2D eigenvalue weighted by molar-refractivity contribution is 0.0513. The van der Waals surface area contributed by atoms with Crippen LogP contribution in [-0.4, -0.2) is 11.2 Å². The Morgan fingerprint density at radius 1 is 1.20 bits per heavy atom. The highest BCUT2D eigenvalue weighted by Crippen LogP contribution is 2.39. The summed E-state index contributed by atoms with van der Waals surface area (Å²) in [6, 6.07) is 0. The maximum Gasteiger partial charge on any atom is 0.0571 e. The Hall–Kier alpha value is -0.0400. The van der Waals surface area contributed by atoms with Crippen LogP contribution >= 0.6 is 0 Å². The molecule has 0 radical (unpaired) electrons. The van der Waals surface area contributed by atoms with Crippen LogP contribution < -0.4 is 0 Å². The summed E-state index contributed by atoms with van der Waals surface area (Å²) in [5.41, 5.74) is 0. The smallest absolute Gasteiger partial charge is 0.0571 e. The summed E-state index contributed by atoms with van der Waals surface area (Å²) in [5, 5.41) is 9.58. The molecule has 0 bridgehead atoms. The van der Waals surface area contributed by atoms with Crippen molar-refractivity contribution in [1.29, 1.82) is 0 Å². The van der Waals surface area contributed by atoms with Crippen LogP contribution in [0.3, 0.4) is 0 Å². The predicted molar refractivity (Wildman–Crippen MR) is 40.7 cm³/mol. The first kappa shape index (κ1) is 6.66. The summed E-state index contributed by atoms with van der Waals surface area (Å²) < 4.78 is 0. The normalized spacial score (nSPS) is 29.7. The van der Waals surface area contributed by atoms with E-state index < -0.39 is 0 Å². The van der Waals surface area contributed by atoms with Crippen molar-refractivity contribution in [2.45, 2.75) is 44.6 Å². The number of hydrogen-bond donors (Lipinski definition) is 1. The van der Waals surface area contributed by atoms with Crippen molar-refractivity contribution in [1.82, 2.24) is 0 Å². The monoisotopic (exact) mass is 140 g/mol. The van der Waals surface area contributed by atoms with Crippen molar-refractivity contribution in [3.8, 4) is 0 Å². The highest BCUT2D eigenvalue weighted by Gasteiger charge is 2.31. The van der Waals surface area contributed by atoms with Crippen LogP contribution in [0.5, 0.6) is 0 Å². The van der Waals surface area contributed by atoms with E-state index in [1.165, 1.54) is 32.1 Å². The number of rotatable bonds is 3. The summed E-state index contributed by atoms with van der Waals surface area (Å²) in [5.74, 6) is 1.58. The van der Waals surface area contributed by atoms with Gasteiger partial charge in [-0.05, 0) is 31.1 Å². The molecule has 58 valence electrons. The van der Waals surface area contributed by atoms with Crippen LogP contribution in [0.2, 0.25) is 0 Å². The standard InChI is InChI=1S/C9H16O/c10-9(6-7-4-5-7)8-2-1-3-8/h7-10H,1-6H2. The summed E-state index contributed by atoms with van der Waals surface area (Å²) in [6.45, 7) is 0. The first-order valence-electron chi connectivity index (χ1n) is 4.54. The maximum atomic E-state index is 9.58. The predicted octanol–water partition coefficient (Wildman–Crippen LogP) is 1.95. The SMILES string of the molecule is OC(CC1CC1)C1CCC1. The molecule has 1 nitrogen and oxygen atoms in total. The van der Waals surface area contributed by atoms with Crippen molar-refractivity contribution in [3.05, 3.63) is 0 Å². The molecule has 0 aromatic heterocycles. The van der Waals surface area contributed by atoms with Crippen molar-refractivity contribution in [2.75, 3.05) is 0 Å². The molecule has 1 N–H and O–H groups in total. The second-order valence-electron chi connectivity index (χ2n) is 3.94. The van der Waals surface area contributed by atoms with Crippen LogP contribution in [0.1, 0.15) is 38.5 Å². The molecule has 0 heterocycles. The fourth-order valence-corrected chi connectivity index (χ4v) is 1.71. The lowest BCUT2D eigenvalue weighted by atomic mass is 9.79. The lowest BCUT2D eigenvalue weighted by Gasteiger charge is -2.30. The van der Waals surface area contributed by atoms with Gasteiger partial charge < -0.3 is 5.11 Å². The zero-order valence-corrected chi connectivity index (χ0v) is 6.42. The first-order valence-corrected chi connectivity index (χ1v) is 4.54. The van der Waals surface area contributed by atoms with E-state index in [-0.39, 0.29) is 6.10 Å². The van der Waals surface area contributed by atoms with Gasteiger partial charge in [0.1, 0.15) is 0 Å². The third kappa shape index (κ3) is 1.34. The topological polar surface area (TPSA) is 20.2 Å². The van der Waals surface area contributed by atoms with E-state index in [0.29, 0.717) is 5.92 Å². The molecule has 0 amide bonds. The molecule has 1 heteroatoms. The van der Waals surface area contributed by atoms with E-state index in [9.17, 15) is 5.11 Å². The van der Waals surface area contributed by atoms with Crippen LogP contribution in [0, 0.1) is 11.8 Å². The van der Waals surface area contributed by atoms with Gasteiger partial charge in [0.05, 0.1) is 6.10 Å². The Morgan fingerprint density at radius 2 is 1.90 bits per heavy atom. The molecule has 1 atom stereocenters. The minimum atomic E-state index is 0.0567. The van der Waals surface area contributed by atoms with Gasteiger partial charge in [-0.3, -0.25) is 0 Å². The molecule has 0 aromatic carbocycles. The molecule has 10 heavy (non-hydrogen) atoms. The van der Waals surface area contributed by atoms with Crippen molar-refractivity contribution < 1.29 is 5.11 Å². The minimum Gasteiger partial charge on any atom is -0.393 e. The molecule has 2 saturated carbocycles. The molecule has 2 fully saturated rings. The zero-order valence-electron chi connectivity index (χ0n) is 6.42. The Morgan fingerprint density at radius 3 is 2.30 bits per heavy atom. The fraction of sp³-hybridized carbons (Fsp3) is 1.00. The number of aliphatic hydroxyl groups excluding tert-OH is 1. The second kappa shape index (κ2) is 2.54. The van der Waals surface area contributed by atoms with Crippen LogP contribution in [0.4, 0.5) is 0 Å². The Labute approximate surface area is 62.4 Å². The first-order chi connectivity index (χ1) is 4.86. The maximum absolute atomic E-state index is 9.58. The van der Waals surface area contributed by atoms with E-state index in [1.54, 1.807) is 0 Å². The molecule has 2 aliphatic rings. The van der Waals surface area contributed by atoms with E-state index in [4.69, 9.17) is 0 Å². The lowest BCUT2D eigenvalue weighted by Crippen LogP contribution is -2.26. The molecule has 0 spiro atoms. The molecule has 0 aliphatic heterocycles. The van der Waals surface area contributed by atoms with E-state index in [1.807, 2.05) is 0 Å². The summed E-state index contributed by atoms with van der Waals surface area (Å²) in [6.07, 6.45) is 7.84. The van der Waals surface area contributed by atoms with Gasteiger partial charge in [-0.15, -0.1) is 0 Å². The fourth-order valence-electron chi connectivity index (χ4n) is 1.71. The average molecular weight is 140 g/mol. The van der Waals surface area contributed by atoms with E-state index in [2.05, 4.69) is 0 Å². The number of hydrogen-bond acceptors (Lipinski definition) is 1. The van der Waals surface area contributed by atoms with Gasteiger partial charge in [0.15, 0.2) is 0 Å². The van der Waals surface area contributed by atoms with Gasteiger partial charge in [-0.25, -0.2) is 0 Å². The third-order valence-corrected chi connectivity index (χ3v) is 2.97. The molecule has 0 aromatic rings. The summed E-state index contributed by atoms with van der Waals surface area (Å²) in [4.78, 5) is 0. The highest BCUT2D eigenvalue weighted by molar-refractivity contribution is 4.83. The zero-order chi connectivity index (χ0) is 6.97. The van der Waals surface area contributed by atoms with Crippen molar-refractivity contribution in [2.24, 2.45) is 11.8 Å². The Balaban J connectivity index is 1.69.